The summed E-state index contributed by atoms with van der Waals surface area (Å²) in [6, 6.07) is 13.2. The Labute approximate surface area is 161 Å². The predicted molar refractivity (Wildman–Crippen MR) is 105 cm³/mol. The lowest BCUT2D eigenvalue weighted by molar-refractivity contribution is 0.0629. The highest BCUT2D eigenvalue weighted by Gasteiger charge is 2.40. The molecule has 5 heteroatoms. The SMILES string of the molecule is CC(C)c1cc(C(=O)N2CCC[C@@H]2[C@H]2CCCN2Cc2ccccc2)no1. The van der Waals surface area contributed by atoms with Crippen molar-refractivity contribution in [1.82, 2.24) is 15.0 Å². The first-order valence-electron chi connectivity index (χ1n) is 10.2. The summed E-state index contributed by atoms with van der Waals surface area (Å²) >= 11 is 0. The van der Waals surface area contributed by atoms with Gasteiger partial charge in [-0.2, -0.15) is 0 Å². The molecule has 1 amide bonds. The first kappa shape index (κ1) is 18.2. The van der Waals surface area contributed by atoms with Crippen molar-refractivity contribution in [3.63, 3.8) is 0 Å². The molecule has 2 fully saturated rings. The lowest BCUT2D eigenvalue weighted by Gasteiger charge is -2.34. The maximum atomic E-state index is 13.1. The third-order valence-corrected chi connectivity index (χ3v) is 5.96. The molecule has 0 radical (unpaired) electrons. The van der Waals surface area contributed by atoms with Gasteiger partial charge in [0, 0.05) is 37.2 Å². The molecule has 5 nitrogen and oxygen atoms in total. The fraction of sp³-hybridized carbons (Fsp3) is 0.545. The second kappa shape index (κ2) is 7.85. The number of likely N-dealkylation sites (tertiary alicyclic amines) is 2. The number of carbonyl (C=O) groups excluding carboxylic acids is 1. The molecule has 1 aromatic carbocycles. The molecule has 0 aliphatic carbocycles. The molecule has 2 aliphatic rings. The average molecular weight is 367 g/mol. The fourth-order valence-electron chi connectivity index (χ4n) is 4.56. The van der Waals surface area contributed by atoms with E-state index < -0.39 is 0 Å². The van der Waals surface area contributed by atoms with Crippen LogP contribution in [0.4, 0.5) is 0 Å². The van der Waals surface area contributed by atoms with Crippen LogP contribution in [0.5, 0.6) is 0 Å². The Hall–Kier alpha value is -2.14. The Morgan fingerprint density at radius 2 is 1.89 bits per heavy atom. The van der Waals surface area contributed by atoms with Crippen molar-refractivity contribution in [2.45, 2.75) is 64.1 Å². The summed E-state index contributed by atoms with van der Waals surface area (Å²) in [5, 5.41) is 4.05. The summed E-state index contributed by atoms with van der Waals surface area (Å²) in [5.41, 5.74) is 1.80. The van der Waals surface area contributed by atoms with E-state index in [4.69, 9.17) is 4.52 Å². The van der Waals surface area contributed by atoms with Crippen LogP contribution >= 0.6 is 0 Å². The van der Waals surface area contributed by atoms with Crippen LogP contribution < -0.4 is 0 Å². The number of carbonyl (C=O) groups is 1. The smallest absolute Gasteiger partial charge is 0.276 e. The molecular formula is C22H29N3O2. The highest BCUT2D eigenvalue weighted by Crippen LogP contribution is 2.32. The van der Waals surface area contributed by atoms with Crippen molar-refractivity contribution in [2.24, 2.45) is 0 Å². The number of nitrogens with zero attached hydrogens (tertiary/aromatic N) is 3. The standard InChI is InChI=1S/C22H29N3O2/c1-16(2)21-14-18(23-27-21)22(26)25-13-7-11-20(25)19-10-6-12-24(19)15-17-8-4-3-5-9-17/h3-5,8-9,14,16,19-20H,6-7,10-13,15H2,1-2H3/t19-,20-/m1/s1. The zero-order chi connectivity index (χ0) is 18.8. The Morgan fingerprint density at radius 3 is 2.63 bits per heavy atom. The number of aromatic nitrogens is 1. The summed E-state index contributed by atoms with van der Waals surface area (Å²) in [4.78, 5) is 17.7. The van der Waals surface area contributed by atoms with Crippen LogP contribution in [0.3, 0.4) is 0 Å². The maximum Gasteiger partial charge on any atom is 0.276 e. The maximum absolute atomic E-state index is 13.1. The van der Waals surface area contributed by atoms with Crippen LogP contribution in [0.25, 0.3) is 0 Å². The first-order valence-corrected chi connectivity index (χ1v) is 10.2. The van der Waals surface area contributed by atoms with Gasteiger partial charge in [0.05, 0.1) is 0 Å². The minimum Gasteiger partial charge on any atom is -0.360 e. The van der Waals surface area contributed by atoms with Crippen molar-refractivity contribution < 1.29 is 9.32 Å². The third-order valence-electron chi connectivity index (χ3n) is 5.96. The number of rotatable bonds is 5. The molecule has 0 bridgehead atoms. The number of hydrogen-bond donors (Lipinski definition) is 0. The van der Waals surface area contributed by atoms with Gasteiger partial charge in [-0.05, 0) is 37.8 Å². The van der Waals surface area contributed by atoms with Crippen molar-refractivity contribution in [1.29, 1.82) is 0 Å². The van der Waals surface area contributed by atoms with E-state index in [1.165, 1.54) is 12.0 Å². The summed E-state index contributed by atoms with van der Waals surface area (Å²) in [7, 11) is 0. The van der Waals surface area contributed by atoms with Gasteiger partial charge in [-0.15, -0.1) is 0 Å². The summed E-state index contributed by atoms with van der Waals surface area (Å²) in [6.07, 6.45) is 4.52. The lowest BCUT2D eigenvalue weighted by Crippen LogP contribution is -2.48. The molecule has 1 aromatic heterocycles. The quantitative estimate of drug-likeness (QED) is 0.799. The van der Waals surface area contributed by atoms with E-state index in [0.29, 0.717) is 11.7 Å². The topological polar surface area (TPSA) is 49.6 Å². The second-order valence-corrected chi connectivity index (χ2v) is 8.14. The van der Waals surface area contributed by atoms with Crippen LogP contribution in [-0.4, -0.2) is 46.0 Å². The van der Waals surface area contributed by atoms with Crippen LogP contribution in [0.2, 0.25) is 0 Å². The van der Waals surface area contributed by atoms with Crippen LogP contribution in [0.15, 0.2) is 40.9 Å². The Balaban J connectivity index is 1.49. The Kier molecular flexibility index (Phi) is 5.30. The summed E-state index contributed by atoms with van der Waals surface area (Å²) in [6.45, 7) is 6.99. The molecule has 144 valence electrons. The third kappa shape index (κ3) is 3.79. The zero-order valence-corrected chi connectivity index (χ0v) is 16.3. The highest BCUT2D eigenvalue weighted by atomic mass is 16.5. The normalized spacial score (nSPS) is 23.4. The van der Waals surface area contributed by atoms with Gasteiger partial charge in [-0.3, -0.25) is 9.69 Å². The van der Waals surface area contributed by atoms with Gasteiger partial charge < -0.3 is 9.42 Å². The number of hydrogen-bond acceptors (Lipinski definition) is 4. The molecule has 2 saturated heterocycles. The van der Waals surface area contributed by atoms with Gasteiger partial charge in [-0.25, -0.2) is 0 Å². The molecule has 2 aliphatic heterocycles. The van der Waals surface area contributed by atoms with Crippen LogP contribution in [0, 0.1) is 0 Å². The van der Waals surface area contributed by atoms with E-state index >= 15 is 0 Å². The average Bonchev–Trinajstić information content (AvgIpc) is 3.42. The molecule has 3 heterocycles. The fourth-order valence-corrected chi connectivity index (χ4v) is 4.56. The molecule has 0 spiro atoms. The minimum atomic E-state index is 0.0275. The van der Waals surface area contributed by atoms with E-state index in [-0.39, 0.29) is 17.9 Å². The van der Waals surface area contributed by atoms with Crippen molar-refractivity contribution in [3.05, 3.63) is 53.4 Å². The second-order valence-electron chi connectivity index (χ2n) is 8.14. The molecule has 2 aromatic rings. The monoisotopic (exact) mass is 367 g/mol. The van der Waals surface area contributed by atoms with Gasteiger partial charge in [0.1, 0.15) is 5.76 Å². The minimum absolute atomic E-state index is 0.0275. The Morgan fingerprint density at radius 1 is 1.15 bits per heavy atom. The molecule has 2 atom stereocenters. The van der Waals surface area contributed by atoms with Crippen molar-refractivity contribution >= 4 is 5.91 Å². The summed E-state index contributed by atoms with van der Waals surface area (Å²) < 4.78 is 5.36. The Bertz CT molecular complexity index is 771. The summed E-state index contributed by atoms with van der Waals surface area (Å²) in [5.74, 6) is 1.05. The molecule has 0 N–H and O–H groups in total. The number of amides is 1. The van der Waals surface area contributed by atoms with Crippen molar-refractivity contribution in [3.8, 4) is 0 Å². The molecule has 0 unspecified atom stereocenters. The number of benzene rings is 1. The van der Waals surface area contributed by atoms with E-state index in [1.807, 2.05) is 19.9 Å². The molecular weight excluding hydrogens is 338 g/mol. The molecule has 4 rings (SSSR count). The zero-order valence-electron chi connectivity index (χ0n) is 16.3. The van der Waals surface area contributed by atoms with E-state index in [9.17, 15) is 4.79 Å². The van der Waals surface area contributed by atoms with E-state index in [2.05, 4.69) is 45.3 Å². The van der Waals surface area contributed by atoms with Gasteiger partial charge >= 0.3 is 0 Å². The van der Waals surface area contributed by atoms with Crippen LogP contribution in [-0.2, 0) is 6.54 Å². The van der Waals surface area contributed by atoms with E-state index in [1.54, 1.807) is 0 Å². The van der Waals surface area contributed by atoms with Gasteiger partial charge in [-0.1, -0.05) is 49.3 Å². The van der Waals surface area contributed by atoms with Crippen molar-refractivity contribution in [2.75, 3.05) is 13.1 Å². The first-order chi connectivity index (χ1) is 13.1. The largest absolute Gasteiger partial charge is 0.360 e. The molecule has 27 heavy (non-hydrogen) atoms. The van der Waals surface area contributed by atoms with Gasteiger partial charge in [0.15, 0.2) is 5.69 Å². The highest BCUT2D eigenvalue weighted by molar-refractivity contribution is 5.92. The molecule has 0 saturated carbocycles. The lowest BCUT2D eigenvalue weighted by atomic mass is 10.0. The van der Waals surface area contributed by atoms with Gasteiger partial charge in [0.25, 0.3) is 5.91 Å². The van der Waals surface area contributed by atoms with Crippen LogP contribution in [0.1, 0.15) is 67.3 Å². The predicted octanol–water partition coefficient (Wildman–Crippen LogP) is 4.07. The van der Waals surface area contributed by atoms with Gasteiger partial charge in [0.2, 0.25) is 0 Å². The van der Waals surface area contributed by atoms with E-state index in [0.717, 1.165) is 44.7 Å².